The van der Waals surface area contributed by atoms with Crippen LogP contribution in [0.25, 0.3) is 0 Å². The summed E-state index contributed by atoms with van der Waals surface area (Å²) in [5.74, 6) is -0.388. The molecule has 17 heavy (non-hydrogen) atoms. The van der Waals surface area contributed by atoms with Crippen molar-refractivity contribution >= 4 is 17.2 Å². The van der Waals surface area contributed by atoms with Gasteiger partial charge in [-0.2, -0.15) is 0 Å². The van der Waals surface area contributed by atoms with Crippen molar-refractivity contribution in [3.63, 3.8) is 0 Å². The molecule has 1 heterocycles. The molecule has 0 spiro atoms. The minimum Gasteiger partial charge on any atom is -0.350 e. The zero-order chi connectivity index (χ0) is 12.1. The van der Waals surface area contributed by atoms with Crippen LogP contribution >= 0.6 is 11.3 Å². The summed E-state index contributed by atoms with van der Waals surface area (Å²) in [6.07, 6.45) is 0.254. The third-order valence-electron chi connectivity index (χ3n) is 2.23. The van der Waals surface area contributed by atoms with Crippen molar-refractivity contribution in [3.8, 4) is 0 Å². The molecular weight excluding hydrogens is 239 g/mol. The first-order valence-electron chi connectivity index (χ1n) is 5.12. The minimum atomic E-state index is -0.295. The van der Waals surface area contributed by atoms with Gasteiger partial charge in [0.25, 0.3) is 0 Å². The maximum absolute atomic E-state index is 12.7. The highest BCUT2D eigenvalue weighted by Gasteiger charge is 2.04. The molecule has 1 aromatic heterocycles. The lowest BCUT2D eigenvalue weighted by atomic mass is 10.1. The zero-order valence-electron chi connectivity index (χ0n) is 9.02. The first-order chi connectivity index (χ1) is 8.24. The van der Waals surface area contributed by atoms with Crippen LogP contribution in [-0.4, -0.2) is 10.9 Å². The standard InChI is InChI=1S/C12H11FN2OS/c13-10-3-1-9(2-4-10)5-12(16)14-6-11-7-17-8-15-11/h1-4,7-8H,5-6H2,(H,14,16). The lowest BCUT2D eigenvalue weighted by molar-refractivity contribution is -0.120. The summed E-state index contributed by atoms with van der Waals surface area (Å²) in [6.45, 7) is 0.434. The number of halogens is 1. The first kappa shape index (κ1) is 11.7. The van der Waals surface area contributed by atoms with Gasteiger partial charge in [-0.15, -0.1) is 11.3 Å². The normalized spacial score (nSPS) is 10.2. The van der Waals surface area contributed by atoms with Crippen molar-refractivity contribution in [2.75, 3.05) is 0 Å². The molecule has 0 fully saturated rings. The van der Waals surface area contributed by atoms with Crippen molar-refractivity contribution in [2.45, 2.75) is 13.0 Å². The molecule has 0 aliphatic carbocycles. The van der Waals surface area contributed by atoms with E-state index in [0.717, 1.165) is 11.3 Å². The number of thiazole rings is 1. The van der Waals surface area contributed by atoms with Gasteiger partial charge < -0.3 is 5.32 Å². The number of carbonyl (C=O) groups excluding carboxylic acids is 1. The fourth-order valence-corrected chi connectivity index (χ4v) is 1.92. The number of amides is 1. The molecule has 0 atom stereocenters. The Morgan fingerprint density at radius 1 is 1.35 bits per heavy atom. The van der Waals surface area contributed by atoms with Gasteiger partial charge in [-0.3, -0.25) is 4.79 Å². The van der Waals surface area contributed by atoms with Crippen LogP contribution in [0.1, 0.15) is 11.3 Å². The molecule has 0 saturated heterocycles. The SMILES string of the molecule is O=C(Cc1ccc(F)cc1)NCc1cscn1. The molecule has 5 heteroatoms. The third kappa shape index (κ3) is 3.64. The van der Waals surface area contributed by atoms with E-state index in [9.17, 15) is 9.18 Å². The van der Waals surface area contributed by atoms with Gasteiger partial charge >= 0.3 is 0 Å². The van der Waals surface area contributed by atoms with Gasteiger partial charge in [0.2, 0.25) is 5.91 Å². The Balaban J connectivity index is 1.83. The van der Waals surface area contributed by atoms with E-state index in [1.165, 1.54) is 23.5 Å². The second kappa shape index (κ2) is 5.54. The van der Waals surface area contributed by atoms with Crippen LogP contribution in [0, 0.1) is 5.82 Å². The van der Waals surface area contributed by atoms with Gasteiger partial charge in [-0.25, -0.2) is 9.37 Å². The number of hydrogen-bond acceptors (Lipinski definition) is 3. The van der Waals surface area contributed by atoms with E-state index in [0.29, 0.717) is 6.54 Å². The van der Waals surface area contributed by atoms with Gasteiger partial charge in [-0.05, 0) is 17.7 Å². The predicted octanol–water partition coefficient (Wildman–Crippen LogP) is 2.14. The smallest absolute Gasteiger partial charge is 0.224 e. The van der Waals surface area contributed by atoms with Gasteiger partial charge in [0.1, 0.15) is 5.82 Å². The summed E-state index contributed by atoms with van der Waals surface area (Å²) >= 11 is 1.49. The second-order valence-electron chi connectivity index (χ2n) is 3.56. The highest BCUT2D eigenvalue weighted by molar-refractivity contribution is 7.07. The molecule has 0 bridgehead atoms. The summed E-state index contributed by atoms with van der Waals surface area (Å²) in [5.41, 5.74) is 3.37. The number of rotatable bonds is 4. The van der Waals surface area contributed by atoms with Crippen molar-refractivity contribution in [2.24, 2.45) is 0 Å². The number of hydrogen-bond donors (Lipinski definition) is 1. The molecule has 0 aliphatic heterocycles. The highest BCUT2D eigenvalue weighted by Crippen LogP contribution is 2.04. The largest absolute Gasteiger partial charge is 0.350 e. The van der Waals surface area contributed by atoms with Crippen molar-refractivity contribution in [1.82, 2.24) is 10.3 Å². The average molecular weight is 250 g/mol. The lowest BCUT2D eigenvalue weighted by Crippen LogP contribution is -2.24. The van der Waals surface area contributed by atoms with Gasteiger partial charge in [-0.1, -0.05) is 12.1 Å². The van der Waals surface area contributed by atoms with Crippen LogP contribution < -0.4 is 5.32 Å². The Kier molecular flexibility index (Phi) is 3.82. The Morgan fingerprint density at radius 3 is 2.76 bits per heavy atom. The van der Waals surface area contributed by atoms with Crippen LogP contribution in [0.5, 0.6) is 0 Å². The summed E-state index contributed by atoms with van der Waals surface area (Å²) in [7, 11) is 0. The summed E-state index contributed by atoms with van der Waals surface area (Å²) in [6, 6.07) is 5.92. The average Bonchev–Trinajstić information content (AvgIpc) is 2.83. The quantitative estimate of drug-likeness (QED) is 0.903. The number of benzene rings is 1. The Hall–Kier alpha value is -1.75. The van der Waals surface area contributed by atoms with Crippen LogP contribution in [0.2, 0.25) is 0 Å². The van der Waals surface area contributed by atoms with Crippen molar-refractivity contribution in [3.05, 3.63) is 52.2 Å². The maximum Gasteiger partial charge on any atom is 0.224 e. The molecule has 0 saturated carbocycles. The molecule has 0 radical (unpaired) electrons. The third-order valence-corrected chi connectivity index (χ3v) is 2.86. The van der Waals surface area contributed by atoms with E-state index in [2.05, 4.69) is 10.3 Å². The van der Waals surface area contributed by atoms with Crippen LogP contribution in [0.3, 0.4) is 0 Å². The molecule has 0 aliphatic rings. The first-order valence-corrected chi connectivity index (χ1v) is 6.06. The summed E-state index contributed by atoms with van der Waals surface area (Å²) in [4.78, 5) is 15.6. The van der Waals surface area contributed by atoms with Gasteiger partial charge in [0.05, 0.1) is 24.2 Å². The second-order valence-corrected chi connectivity index (χ2v) is 4.28. The van der Waals surface area contributed by atoms with Gasteiger partial charge in [0, 0.05) is 5.38 Å². The van der Waals surface area contributed by atoms with Crippen LogP contribution in [0.4, 0.5) is 4.39 Å². The number of nitrogens with zero attached hydrogens (tertiary/aromatic N) is 1. The minimum absolute atomic E-state index is 0.0930. The molecule has 1 N–H and O–H groups in total. The predicted molar refractivity (Wildman–Crippen MR) is 64.1 cm³/mol. The Bertz CT molecular complexity index is 482. The van der Waals surface area contributed by atoms with E-state index in [1.807, 2.05) is 5.38 Å². The summed E-state index contributed by atoms with van der Waals surface area (Å²) < 4.78 is 12.7. The molecule has 88 valence electrons. The van der Waals surface area contributed by atoms with Crippen LogP contribution in [-0.2, 0) is 17.8 Å². The zero-order valence-corrected chi connectivity index (χ0v) is 9.84. The fraction of sp³-hybridized carbons (Fsp3) is 0.167. The maximum atomic E-state index is 12.7. The highest BCUT2D eigenvalue weighted by atomic mass is 32.1. The van der Waals surface area contributed by atoms with E-state index in [4.69, 9.17) is 0 Å². The van der Waals surface area contributed by atoms with Crippen molar-refractivity contribution < 1.29 is 9.18 Å². The summed E-state index contributed by atoms with van der Waals surface area (Å²) in [5, 5.41) is 4.65. The van der Waals surface area contributed by atoms with E-state index in [-0.39, 0.29) is 18.1 Å². The number of aromatic nitrogens is 1. The van der Waals surface area contributed by atoms with E-state index in [1.54, 1.807) is 17.6 Å². The topological polar surface area (TPSA) is 42.0 Å². The van der Waals surface area contributed by atoms with E-state index >= 15 is 0 Å². The molecule has 0 unspecified atom stereocenters. The van der Waals surface area contributed by atoms with E-state index < -0.39 is 0 Å². The van der Waals surface area contributed by atoms with Crippen molar-refractivity contribution in [1.29, 1.82) is 0 Å². The van der Waals surface area contributed by atoms with Crippen LogP contribution in [0.15, 0.2) is 35.2 Å². The fourth-order valence-electron chi connectivity index (χ4n) is 1.36. The molecule has 2 rings (SSSR count). The lowest BCUT2D eigenvalue weighted by Gasteiger charge is -2.03. The molecular formula is C12H11FN2OS. The Morgan fingerprint density at radius 2 is 2.12 bits per heavy atom. The molecule has 2 aromatic rings. The Labute approximate surface area is 102 Å². The molecule has 1 aromatic carbocycles. The monoisotopic (exact) mass is 250 g/mol. The number of carbonyl (C=O) groups is 1. The number of nitrogens with one attached hydrogen (secondary N) is 1. The molecule has 3 nitrogen and oxygen atoms in total. The van der Waals surface area contributed by atoms with Gasteiger partial charge in [0.15, 0.2) is 0 Å². The molecule has 1 amide bonds.